The second kappa shape index (κ2) is 51.0. The van der Waals surface area contributed by atoms with E-state index in [4.69, 9.17) is 60.0 Å². The minimum absolute atomic E-state index is 0.0123. The molecule has 32 nitrogen and oxygen atoms in total. The number of hydrogen-bond acceptors (Lipinski definition) is 30. The topological polar surface area (TPSA) is 398 Å². The number of aromatic nitrogens is 1. The fraction of sp³-hybridized carbons (Fsp3) is 0.315. The molecule has 13 aromatic rings. The van der Waals surface area contributed by atoms with Crippen LogP contribution in [0.2, 0.25) is 0 Å². The number of ether oxygens (including phenoxy) is 8. The molecule has 0 fully saturated rings. The second-order valence-electron chi connectivity index (χ2n) is 32.3. The van der Waals surface area contributed by atoms with Gasteiger partial charge in [0.1, 0.15) is 97.1 Å². The summed E-state index contributed by atoms with van der Waals surface area (Å²) in [5.41, 5.74) is 5.48. The van der Waals surface area contributed by atoms with Crippen LogP contribution in [0.15, 0.2) is 247 Å². The Bertz CT molecular complexity index is 7440. The number of nitriles is 1. The first-order chi connectivity index (χ1) is 68.1. The lowest BCUT2D eigenvalue weighted by Gasteiger charge is -2.21. The predicted octanol–water partition coefficient (Wildman–Crippen LogP) is 18.5. The van der Waals surface area contributed by atoms with Gasteiger partial charge in [0.15, 0.2) is 11.1 Å². The number of fused-ring (bicyclic) bond motifs is 10. The number of hydrogen-bond donors (Lipinski definition) is 0. The van der Waals surface area contributed by atoms with Gasteiger partial charge in [-0.15, -0.1) is 0 Å². The first-order valence-corrected chi connectivity index (χ1v) is 46.0. The van der Waals surface area contributed by atoms with Crippen LogP contribution in [-0.2, 0) is 92.3 Å². The second-order valence-corrected chi connectivity index (χ2v) is 32.3. The molecule has 1 amide bonds. The van der Waals surface area contributed by atoms with E-state index in [0.717, 1.165) is 94.3 Å². The molecule has 0 aliphatic carbocycles. The van der Waals surface area contributed by atoms with Crippen molar-refractivity contribution < 1.29 is 112 Å². The number of para-hydroxylation sites is 1. The molecule has 0 aliphatic heterocycles. The molecule has 35 heteroatoms. The monoisotopic (exact) mass is 1970 g/mol. The maximum atomic E-state index is 13.9. The van der Waals surface area contributed by atoms with Crippen LogP contribution in [0.3, 0.4) is 0 Å². The van der Waals surface area contributed by atoms with Gasteiger partial charge in [-0.2, -0.15) is 23.4 Å². The molecule has 0 saturated carbocycles. The largest absolute Gasteiger partial charge is 0.490 e. The number of esters is 7. The average Bonchev–Trinajstić information content (AvgIpc) is 1.60. The molecule has 7 aromatic heterocycles. The number of carbonyl (C=O) groups excluding carboxylic acids is 8. The molecule has 143 heavy (non-hydrogen) atoms. The predicted molar refractivity (Wildman–Crippen MR) is 539 cm³/mol. The summed E-state index contributed by atoms with van der Waals surface area (Å²) in [6.07, 6.45) is -6.06. The van der Waals surface area contributed by atoms with E-state index in [-0.39, 0.29) is 109 Å². The summed E-state index contributed by atoms with van der Waals surface area (Å²) in [6, 6.07) is 43.4. The van der Waals surface area contributed by atoms with E-state index in [1.807, 2.05) is 108 Å². The molecule has 0 spiro atoms. The summed E-state index contributed by atoms with van der Waals surface area (Å²) >= 11 is 0. The van der Waals surface area contributed by atoms with E-state index in [9.17, 15) is 76.0 Å². The smallest absolute Gasteiger partial charge is 0.417 e. The number of carbonyl (C=O) groups is 8. The molecule has 0 radical (unpaired) electrons. The van der Waals surface area contributed by atoms with Crippen LogP contribution in [0.25, 0.3) is 82.2 Å². The number of pyridine rings is 1. The van der Waals surface area contributed by atoms with Crippen molar-refractivity contribution in [2.75, 3.05) is 118 Å². The Labute approximate surface area is 820 Å². The minimum Gasteiger partial charge on any atom is -0.490 e. The van der Waals surface area contributed by atoms with Gasteiger partial charge in [0.2, 0.25) is 0 Å². The van der Waals surface area contributed by atoms with Gasteiger partial charge in [-0.25, -0.2) is 43.2 Å². The van der Waals surface area contributed by atoms with E-state index < -0.39 is 93.9 Å². The summed E-state index contributed by atoms with van der Waals surface area (Å²) in [5, 5.41) is 14.7. The van der Waals surface area contributed by atoms with Crippen molar-refractivity contribution in [1.82, 2.24) is 4.40 Å². The highest BCUT2D eigenvalue weighted by atomic mass is 19.4. The lowest BCUT2D eigenvalue weighted by atomic mass is 10.0. The van der Waals surface area contributed by atoms with Gasteiger partial charge in [-0.1, -0.05) is 51.1 Å². The molecule has 0 aliphatic rings. The number of anilines is 4. The number of nitrogens with zero attached hydrogens (tertiary/aromatic N) is 7. The standard InChI is InChI=1S/C28H24N4O2.C22H24F3NO6.C22H27NO6.C18H21NO4.C18H18O7/c1-5-31(6-2)20-12-11-19-13-21-24-14-18-9-7-8-10-23(18)32(24)27(30-28(33)17(3)4)22(16-29)26(21)34-25(19)15-20;1-5-26(6-2)14-7-8-15-17(11-14)32-21(29)16(19(15)22(23,24)25)12-18(27)30-9-10-31-20(28)13(3)4;1-6-23(7-2)16-8-9-17-15(5)18(22(26)29-19(17)12-16)13-20(24)27-10-11-28-21(25)14(3)4;1-5-19(6-2)14-7-8-15-13(11-22-18(21)12(3)4)9-17(20)23-16(15)10-14;1-4-22-17(20)14-9-12-5-6-13(10-15(12)25-18(14)21)23-7-8-24-16(19)11(2)3/h7-15H,3,5-6H2,1-2,4H3;7-8,11H,3,5-6,9-10,12H2,1-2,4H3;8-9,12H,3,6-7,10-11,13H2,1-2,4-5H3;7-10H,3,5-6,11H2,1-2,4H3;5-6,9-10H,2,4,7-8H2,1,3H3. The first-order valence-electron chi connectivity index (χ1n) is 46.0. The van der Waals surface area contributed by atoms with Crippen LogP contribution in [0.5, 0.6) is 5.75 Å². The van der Waals surface area contributed by atoms with Crippen LogP contribution >= 0.6 is 0 Å². The SMILES string of the molecule is C=C(C)C(=O)N=c1c(C#N)c2oc3cc(N(CC)CC)ccc3cc2c2cc3ccccc3n12.C=C(C)C(=O)OCCOC(=O)Cc1c(C(F)(F)F)c2ccc(N(CC)CC)cc2oc1=O.C=C(C)C(=O)OCCOC(=O)Cc1c(C)c2ccc(N(CC)CC)cc2oc1=O.C=C(C)C(=O)OCCOc1ccc2cc(C(=O)OCC)c(=O)oc2c1.C=C(C)C(=O)OCc1cc(=O)oc2cc(N(CC)CC)ccc12. The Morgan fingerprint density at radius 1 is 0.427 bits per heavy atom. The summed E-state index contributed by atoms with van der Waals surface area (Å²) < 4.78 is 111. The molecule has 13 rings (SSSR count). The quantitative estimate of drug-likeness (QED) is 0.00889. The normalized spacial score (nSPS) is 11.0. The van der Waals surface area contributed by atoms with E-state index in [0.29, 0.717) is 80.1 Å². The maximum absolute atomic E-state index is 13.9. The minimum atomic E-state index is -4.91. The van der Waals surface area contributed by atoms with Crippen molar-refractivity contribution in [3.05, 3.63) is 286 Å². The van der Waals surface area contributed by atoms with Gasteiger partial charge in [-0.3, -0.25) is 18.8 Å². The van der Waals surface area contributed by atoms with Crippen molar-refractivity contribution in [2.45, 2.75) is 129 Å². The molecule has 0 saturated heterocycles. The van der Waals surface area contributed by atoms with Crippen LogP contribution < -0.4 is 52.3 Å². The van der Waals surface area contributed by atoms with Crippen molar-refractivity contribution >= 4 is 153 Å². The summed E-state index contributed by atoms with van der Waals surface area (Å²) in [6.45, 7) is 50.9. The fourth-order valence-electron chi connectivity index (χ4n) is 14.9. The van der Waals surface area contributed by atoms with Gasteiger partial charge in [0.05, 0.1) is 47.2 Å². The van der Waals surface area contributed by atoms with E-state index >= 15 is 0 Å². The fourth-order valence-corrected chi connectivity index (χ4v) is 14.9. The Morgan fingerprint density at radius 2 is 0.860 bits per heavy atom. The van der Waals surface area contributed by atoms with Crippen LogP contribution in [-0.4, -0.2) is 151 Å². The number of alkyl halides is 3. The zero-order valence-corrected chi connectivity index (χ0v) is 82.5. The lowest BCUT2D eigenvalue weighted by molar-refractivity contribution is -0.150. The number of aryl methyl sites for hydroxylation is 1. The van der Waals surface area contributed by atoms with Gasteiger partial charge in [0, 0.05) is 183 Å². The summed E-state index contributed by atoms with van der Waals surface area (Å²) in [5.74, 6) is -4.65. The zero-order valence-electron chi connectivity index (χ0n) is 82.5. The highest BCUT2D eigenvalue weighted by Gasteiger charge is 2.39. The molecule has 0 bridgehead atoms. The summed E-state index contributed by atoms with van der Waals surface area (Å²) in [7, 11) is 0. The molecule has 6 aromatic carbocycles. The molecular weight excluding hydrogens is 1850 g/mol. The van der Waals surface area contributed by atoms with Crippen molar-refractivity contribution in [3.63, 3.8) is 0 Å². The van der Waals surface area contributed by atoms with Crippen LogP contribution in [0.1, 0.15) is 141 Å². The van der Waals surface area contributed by atoms with Gasteiger partial charge in [0.25, 0.3) is 5.91 Å². The number of rotatable bonds is 35. The third-order valence-corrected chi connectivity index (χ3v) is 22.3. The number of halogens is 3. The molecular formula is C108H114F3N7O25. The van der Waals surface area contributed by atoms with E-state index in [1.165, 1.54) is 50.2 Å². The van der Waals surface area contributed by atoms with E-state index in [2.05, 4.69) is 106 Å². The third-order valence-electron chi connectivity index (χ3n) is 22.3. The molecule has 7 heterocycles. The molecule has 0 N–H and O–H groups in total. The number of amides is 1. The Hall–Kier alpha value is -16.4. The maximum Gasteiger partial charge on any atom is 0.417 e. The Balaban J connectivity index is 0.000000201. The van der Waals surface area contributed by atoms with Crippen LogP contribution in [0, 0.1) is 18.3 Å². The van der Waals surface area contributed by atoms with Crippen molar-refractivity contribution in [2.24, 2.45) is 4.99 Å². The average molecular weight is 1970 g/mol. The third kappa shape index (κ3) is 28.2. The summed E-state index contributed by atoms with van der Waals surface area (Å²) in [4.78, 5) is 155. The van der Waals surface area contributed by atoms with Crippen molar-refractivity contribution in [3.8, 4) is 11.8 Å². The van der Waals surface area contributed by atoms with Crippen LogP contribution in [0.4, 0.5) is 35.9 Å². The first kappa shape index (κ1) is 110. The molecule has 0 atom stereocenters. The lowest BCUT2D eigenvalue weighted by Crippen LogP contribution is -2.24. The zero-order chi connectivity index (χ0) is 105. The van der Waals surface area contributed by atoms with E-state index in [1.54, 1.807) is 46.8 Å². The van der Waals surface area contributed by atoms with Gasteiger partial charge >= 0.3 is 70.5 Å². The Morgan fingerprint density at radius 3 is 1.36 bits per heavy atom. The van der Waals surface area contributed by atoms with Crippen molar-refractivity contribution in [1.29, 1.82) is 5.26 Å². The Kier molecular flexibility index (Phi) is 39.3. The highest BCUT2D eigenvalue weighted by Crippen LogP contribution is 2.39. The van der Waals surface area contributed by atoms with Gasteiger partial charge < -0.3 is 79.6 Å². The molecule has 752 valence electrons. The van der Waals surface area contributed by atoms with Gasteiger partial charge in [-0.05, 0) is 194 Å². The molecule has 0 unspecified atom stereocenters. The number of benzene rings is 6. The highest BCUT2D eigenvalue weighted by molar-refractivity contribution is 6.06.